The quantitative estimate of drug-likeness (QED) is 0.771. The van der Waals surface area contributed by atoms with Crippen molar-refractivity contribution in [1.29, 1.82) is 0 Å². The SMILES string of the molecule is CCC1(N(C)CC2CC2)CCCCC1(C)c1ccccc1.Cl.O. The summed E-state index contributed by atoms with van der Waals surface area (Å²) in [4.78, 5) is 2.75. The van der Waals surface area contributed by atoms with Gasteiger partial charge in [-0.05, 0) is 50.6 Å². The lowest BCUT2D eigenvalue weighted by Gasteiger charge is -2.57. The summed E-state index contributed by atoms with van der Waals surface area (Å²) in [7, 11) is 2.40. The summed E-state index contributed by atoms with van der Waals surface area (Å²) in [6.45, 7) is 6.25. The molecule has 2 fully saturated rings. The van der Waals surface area contributed by atoms with Gasteiger partial charge in [-0.3, -0.25) is 4.90 Å². The van der Waals surface area contributed by atoms with Crippen molar-refractivity contribution in [2.24, 2.45) is 5.92 Å². The molecule has 0 amide bonds. The van der Waals surface area contributed by atoms with Gasteiger partial charge in [0.2, 0.25) is 0 Å². The zero-order valence-electron chi connectivity index (χ0n) is 15.0. The Kier molecular flexibility index (Phi) is 7.12. The van der Waals surface area contributed by atoms with Gasteiger partial charge in [0, 0.05) is 17.5 Å². The van der Waals surface area contributed by atoms with Gasteiger partial charge >= 0.3 is 0 Å². The molecule has 0 spiro atoms. The van der Waals surface area contributed by atoms with Crippen LogP contribution < -0.4 is 0 Å². The molecule has 132 valence electrons. The average Bonchev–Trinajstić information content (AvgIpc) is 3.32. The Bertz CT molecular complexity index is 476. The third kappa shape index (κ3) is 3.60. The topological polar surface area (TPSA) is 34.7 Å². The molecule has 2 aliphatic carbocycles. The predicted octanol–water partition coefficient (Wildman–Crippen LogP) is 4.61. The van der Waals surface area contributed by atoms with E-state index in [4.69, 9.17) is 0 Å². The minimum absolute atomic E-state index is 0. The van der Waals surface area contributed by atoms with Crippen LogP contribution in [0.15, 0.2) is 30.3 Å². The Morgan fingerprint density at radius 3 is 2.26 bits per heavy atom. The summed E-state index contributed by atoms with van der Waals surface area (Å²) < 4.78 is 0. The second-order valence-electron chi connectivity index (χ2n) is 7.61. The Morgan fingerprint density at radius 2 is 1.70 bits per heavy atom. The highest BCUT2D eigenvalue weighted by Crippen LogP contribution is 2.51. The van der Waals surface area contributed by atoms with E-state index in [2.05, 4.69) is 56.1 Å². The first-order chi connectivity index (χ1) is 10.1. The van der Waals surface area contributed by atoms with Gasteiger partial charge in [-0.25, -0.2) is 0 Å². The predicted molar refractivity (Wildman–Crippen MR) is 101 cm³/mol. The van der Waals surface area contributed by atoms with Crippen molar-refractivity contribution in [1.82, 2.24) is 4.90 Å². The zero-order valence-corrected chi connectivity index (χ0v) is 15.8. The zero-order chi connectivity index (χ0) is 14.9. The average molecular weight is 340 g/mol. The molecular weight excluding hydrogens is 306 g/mol. The molecule has 2 nitrogen and oxygen atoms in total. The van der Waals surface area contributed by atoms with Crippen molar-refractivity contribution in [3.05, 3.63) is 35.9 Å². The first kappa shape index (κ1) is 20.5. The van der Waals surface area contributed by atoms with E-state index in [0.717, 1.165) is 5.92 Å². The summed E-state index contributed by atoms with van der Waals surface area (Å²) in [6, 6.07) is 11.3. The van der Waals surface area contributed by atoms with Crippen LogP contribution in [0.3, 0.4) is 0 Å². The fraction of sp³-hybridized carbons (Fsp3) is 0.700. The second-order valence-corrected chi connectivity index (χ2v) is 7.61. The van der Waals surface area contributed by atoms with Crippen LogP contribution in [0.2, 0.25) is 0 Å². The molecule has 3 heteroatoms. The third-order valence-electron chi connectivity index (χ3n) is 6.50. The fourth-order valence-corrected chi connectivity index (χ4v) is 4.94. The summed E-state index contributed by atoms with van der Waals surface area (Å²) >= 11 is 0. The molecule has 0 heterocycles. The number of hydrogen-bond donors (Lipinski definition) is 0. The lowest BCUT2D eigenvalue weighted by atomic mass is 9.57. The Morgan fingerprint density at radius 1 is 1.09 bits per heavy atom. The number of rotatable bonds is 5. The third-order valence-corrected chi connectivity index (χ3v) is 6.50. The molecule has 0 aromatic heterocycles. The van der Waals surface area contributed by atoms with Gasteiger partial charge in [0.15, 0.2) is 0 Å². The maximum absolute atomic E-state index is 2.75. The summed E-state index contributed by atoms with van der Waals surface area (Å²) in [6.07, 6.45) is 9.63. The van der Waals surface area contributed by atoms with Crippen LogP contribution in [-0.4, -0.2) is 29.5 Å². The lowest BCUT2D eigenvalue weighted by Crippen LogP contribution is -2.61. The van der Waals surface area contributed by atoms with Crippen molar-refractivity contribution in [2.75, 3.05) is 13.6 Å². The molecule has 0 aliphatic heterocycles. The Hall–Kier alpha value is -0.570. The molecule has 2 atom stereocenters. The number of halogens is 1. The van der Waals surface area contributed by atoms with E-state index >= 15 is 0 Å². The second kappa shape index (κ2) is 8.00. The Labute approximate surface area is 148 Å². The van der Waals surface area contributed by atoms with Gasteiger partial charge in [-0.2, -0.15) is 0 Å². The molecule has 3 rings (SSSR count). The van der Waals surface area contributed by atoms with Crippen LogP contribution in [0.4, 0.5) is 0 Å². The van der Waals surface area contributed by atoms with E-state index in [-0.39, 0.29) is 17.9 Å². The Balaban J connectivity index is 0.00000132. The molecule has 2 aliphatic rings. The molecule has 0 saturated heterocycles. The van der Waals surface area contributed by atoms with E-state index in [1.54, 1.807) is 5.56 Å². The molecule has 2 N–H and O–H groups in total. The number of likely N-dealkylation sites (N-methyl/N-ethyl adjacent to an activating group) is 1. The van der Waals surface area contributed by atoms with Crippen LogP contribution >= 0.6 is 12.4 Å². The highest BCUT2D eigenvalue weighted by Gasteiger charge is 2.52. The number of hydrogen-bond acceptors (Lipinski definition) is 1. The molecule has 0 bridgehead atoms. The van der Waals surface area contributed by atoms with Gasteiger partial charge in [0.1, 0.15) is 0 Å². The van der Waals surface area contributed by atoms with Crippen molar-refractivity contribution >= 4 is 12.4 Å². The van der Waals surface area contributed by atoms with Crippen LogP contribution in [0.25, 0.3) is 0 Å². The van der Waals surface area contributed by atoms with Gasteiger partial charge < -0.3 is 5.48 Å². The minimum atomic E-state index is 0. The highest BCUT2D eigenvalue weighted by atomic mass is 35.5. The van der Waals surface area contributed by atoms with Crippen molar-refractivity contribution in [2.45, 2.75) is 69.7 Å². The first-order valence-electron chi connectivity index (χ1n) is 8.89. The number of nitrogens with zero attached hydrogens (tertiary/aromatic N) is 1. The number of benzene rings is 1. The lowest BCUT2D eigenvalue weighted by molar-refractivity contribution is -0.00521. The maximum atomic E-state index is 2.75. The monoisotopic (exact) mass is 339 g/mol. The van der Waals surface area contributed by atoms with E-state index in [1.807, 2.05) is 0 Å². The van der Waals surface area contributed by atoms with Crippen molar-refractivity contribution in [3.63, 3.8) is 0 Å². The molecule has 1 aromatic rings. The van der Waals surface area contributed by atoms with Gasteiger partial charge in [-0.1, -0.05) is 57.0 Å². The van der Waals surface area contributed by atoms with E-state index < -0.39 is 0 Å². The molecule has 1 aromatic carbocycles. The maximum Gasteiger partial charge on any atom is 0.0297 e. The van der Waals surface area contributed by atoms with Crippen LogP contribution in [-0.2, 0) is 5.41 Å². The van der Waals surface area contributed by atoms with E-state index in [0.29, 0.717) is 11.0 Å². The standard InChI is InChI=1S/C20H31N.ClH.H2O/c1-4-20(21(3)16-17-12-13-17)15-9-8-14-19(20,2)18-10-6-5-7-11-18;;/h5-7,10-11,17H,4,8-9,12-16H2,1-3H3;1H;1H2. The van der Waals surface area contributed by atoms with E-state index in [1.165, 1.54) is 51.5 Å². The summed E-state index contributed by atoms with van der Waals surface area (Å²) in [5.74, 6) is 0.973. The smallest absolute Gasteiger partial charge is 0.0297 e. The van der Waals surface area contributed by atoms with Gasteiger partial charge in [0.25, 0.3) is 0 Å². The summed E-state index contributed by atoms with van der Waals surface area (Å²) in [5, 5.41) is 0. The van der Waals surface area contributed by atoms with Crippen LogP contribution in [0, 0.1) is 5.92 Å². The first-order valence-corrected chi connectivity index (χ1v) is 8.89. The van der Waals surface area contributed by atoms with Crippen molar-refractivity contribution < 1.29 is 5.48 Å². The summed E-state index contributed by atoms with van der Waals surface area (Å²) in [5.41, 5.74) is 2.19. The van der Waals surface area contributed by atoms with E-state index in [9.17, 15) is 0 Å². The molecule has 2 saturated carbocycles. The fourth-order valence-electron chi connectivity index (χ4n) is 4.94. The van der Waals surface area contributed by atoms with Crippen LogP contribution in [0.5, 0.6) is 0 Å². The van der Waals surface area contributed by atoms with Gasteiger partial charge in [0.05, 0.1) is 0 Å². The molecule has 23 heavy (non-hydrogen) atoms. The molecule has 0 radical (unpaired) electrons. The molecular formula is C20H34ClNO. The highest BCUT2D eigenvalue weighted by molar-refractivity contribution is 5.85. The van der Waals surface area contributed by atoms with Crippen LogP contribution in [0.1, 0.15) is 64.4 Å². The van der Waals surface area contributed by atoms with Gasteiger partial charge in [-0.15, -0.1) is 12.4 Å². The van der Waals surface area contributed by atoms with Crippen molar-refractivity contribution in [3.8, 4) is 0 Å². The minimum Gasteiger partial charge on any atom is -0.412 e. The largest absolute Gasteiger partial charge is 0.412 e. The molecule has 2 unspecified atom stereocenters. The normalized spacial score (nSPS) is 30.4.